The molecular weight excluding hydrogens is 199 g/mol. The predicted molar refractivity (Wildman–Crippen MR) is 47.8 cm³/mol. The van der Waals surface area contributed by atoms with Crippen LogP contribution in [0.1, 0.15) is 12.8 Å². The molecule has 0 saturated carbocycles. The Labute approximate surface area is 118 Å². The molecule has 68 valence electrons. The number of aliphatic carboxylic acids is 2. The number of rotatable bonds is 2. The molecule has 0 aliphatic heterocycles. The van der Waals surface area contributed by atoms with Crippen LogP contribution in [0.4, 0.5) is 0 Å². The molecule has 0 heterocycles. The quantitative estimate of drug-likeness (QED) is 0.500. The van der Waals surface area contributed by atoms with E-state index in [2.05, 4.69) is 0 Å². The molecule has 1 aliphatic rings. The van der Waals surface area contributed by atoms with Crippen LogP contribution in [0, 0.1) is 11.8 Å². The van der Waals surface area contributed by atoms with Gasteiger partial charge in [-0.15, -0.1) is 0 Å². The molecule has 2 N–H and O–H groups in total. The molecule has 1 rings (SSSR count). The third-order valence-electron chi connectivity index (χ3n) is 2.02. The van der Waals surface area contributed by atoms with Crippen molar-refractivity contribution in [1.82, 2.24) is 0 Å². The summed E-state index contributed by atoms with van der Waals surface area (Å²) in [5.74, 6) is -3.69. The number of hydrogen-bond acceptors (Lipinski definition) is 2. The van der Waals surface area contributed by atoms with Gasteiger partial charge in [-0.25, -0.2) is 0 Å². The first kappa shape index (κ1) is 13.3. The van der Waals surface area contributed by atoms with Gasteiger partial charge in [-0.3, -0.25) is 9.59 Å². The second-order valence-electron chi connectivity index (χ2n) is 2.81. The van der Waals surface area contributed by atoms with Gasteiger partial charge in [-0.1, -0.05) is 12.2 Å². The second-order valence-corrected chi connectivity index (χ2v) is 2.81. The van der Waals surface area contributed by atoms with Crippen LogP contribution >= 0.6 is 0 Å². The Hall–Kier alpha value is 0.316. The van der Waals surface area contributed by atoms with Gasteiger partial charge in [0, 0.05) is 0 Å². The number of allylic oxidation sites excluding steroid dienone is 1. The Balaban J connectivity index is 0.00000144. The molecule has 0 spiro atoms. The molecule has 0 fully saturated rings. The number of carbonyl (C=O) groups is 2. The molecule has 0 aromatic rings. The van der Waals surface area contributed by atoms with Gasteiger partial charge in [0.25, 0.3) is 0 Å². The Morgan fingerprint density at radius 1 is 1.23 bits per heavy atom. The Morgan fingerprint density at radius 3 is 2.23 bits per heavy atom. The summed E-state index contributed by atoms with van der Waals surface area (Å²) in [4.78, 5) is 21.1. The topological polar surface area (TPSA) is 74.6 Å². The number of carboxylic acids is 2. The second kappa shape index (κ2) is 5.92. The molecule has 2 atom stereocenters. The molecule has 0 saturated heterocycles. The van der Waals surface area contributed by atoms with Gasteiger partial charge in [-0.05, 0) is 12.8 Å². The molecule has 0 amide bonds. The fourth-order valence-corrected chi connectivity index (χ4v) is 1.36. The normalized spacial score (nSPS) is 26.2. The molecule has 1 aliphatic carbocycles. The standard InChI is InChI=1S/C8H10O4.K.H/c9-7(10)5-3-1-2-4-6(5)8(11)12;;/h1,3,5-6H,2,4H2,(H,9,10)(H,11,12);;. The summed E-state index contributed by atoms with van der Waals surface area (Å²) in [6.45, 7) is 0. The number of hydrogen-bond donors (Lipinski definition) is 2. The minimum atomic E-state index is -1.06. The molecule has 2 unspecified atom stereocenters. The van der Waals surface area contributed by atoms with Crippen LogP contribution < -0.4 is 0 Å². The van der Waals surface area contributed by atoms with E-state index in [1.807, 2.05) is 0 Å². The Morgan fingerprint density at radius 2 is 1.85 bits per heavy atom. The van der Waals surface area contributed by atoms with Gasteiger partial charge in [-0.2, -0.15) is 0 Å². The van der Waals surface area contributed by atoms with E-state index in [0.717, 1.165) is 0 Å². The van der Waals surface area contributed by atoms with E-state index in [1.54, 1.807) is 6.08 Å². The van der Waals surface area contributed by atoms with Crippen molar-refractivity contribution < 1.29 is 19.8 Å². The van der Waals surface area contributed by atoms with Gasteiger partial charge >= 0.3 is 63.3 Å². The van der Waals surface area contributed by atoms with Crippen LogP contribution in [0.3, 0.4) is 0 Å². The molecule has 13 heavy (non-hydrogen) atoms. The molecule has 0 bridgehead atoms. The summed E-state index contributed by atoms with van der Waals surface area (Å²) in [5.41, 5.74) is 0. The summed E-state index contributed by atoms with van der Waals surface area (Å²) < 4.78 is 0. The summed E-state index contributed by atoms with van der Waals surface area (Å²) in [7, 11) is 0. The summed E-state index contributed by atoms with van der Waals surface area (Å²) >= 11 is 0. The number of carboxylic acid groups (broad SMARTS) is 2. The Kier molecular flexibility index (Phi) is 6.07. The fraction of sp³-hybridized carbons (Fsp3) is 0.500. The minimum absolute atomic E-state index is 0. The maximum atomic E-state index is 10.6. The van der Waals surface area contributed by atoms with Crippen LogP contribution in [-0.4, -0.2) is 73.5 Å². The SMILES string of the molecule is O=C(O)C1C=CCCC1C(=O)O.[KH]. The first-order valence-electron chi connectivity index (χ1n) is 3.75. The first-order valence-corrected chi connectivity index (χ1v) is 3.75. The molecule has 0 radical (unpaired) electrons. The van der Waals surface area contributed by atoms with E-state index < -0.39 is 23.8 Å². The van der Waals surface area contributed by atoms with Crippen molar-refractivity contribution in [1.29, 1.82) is 0 Å². The molecule has 4 nitrogen and oxygen atoms in total. The molecule has 5 heteroatoms. The summed E-state index contributed by atoms with van der Waals surface area (Å²) in [6.07, 6.45) is 4.26. The third-order valence-corrected chi connectivity index (χ3v) is 2.02. The van der Waals surface area contributed by atoms with Crippen molar-refractivity contribution in [2.75, 3.05) is 0 Å². The van der Waals surface area contributed by atoms with Crippen LogP contribution in [0.2, 0.25) is 0 Å². The van der Waals surface area contributed by atoms with Crippen LogP contribution in [-0.2, 0) is 9.59 Å². The third kappa shape index (κ3) is 3.51. The van der Waals surface area contributed by atoms with Gasteiger partial charge in [0.15, 0.2) is 0 Å². The van der Waals surface area contributed by atoms with E-state index in [1.165, 1.54) is 6.08 Å². The molecular formula is C8H11KO4. The molecule has 0 aromatic carbocycles. The van der Waals surface area contributed by atoms with E-state index >= 15 is 0 Å². The fourth-order valence-electron chi connectivity index (χ4n) is 1.36. The maximum absolute atomic E-state index is 10.6. The van der Waals surface area contributed by atoms with Gasteiger partial charge in [0.05, 0.1) is 11.8 Å². The average Bonchev–Trinajstić information content (AvgIpc) is 2.04. The van der Waals surface area contributed by atoms with Crippen molar-refractivity contribution in [3.8, 4) is 0 Å². The van der Waals surface area contributed by atoms with Crippen LogP contribution in [0.25, 0.3) is 0 Å². The predicted octanol–water partition coefficient (Wildman–Crippen LogP) is 0.0895. The monoisotopic (exact) mass is 210 g/mol. The van der Waals surface area contributed by atoms with Gasteiger partial charge in [0.2, 0.25) is 0 Å². The van der Waals surface area contributed by atoms with Crippen molar-refractivity contribution in [3.63, 3.8) is 0 Å². The van der Waals surface area contributed by atoms with E-state index in [4.69, 9.17) is 10.2 Å². The van der Waals surface area contributed by atoms with E-state index in [-0.39, 0.29) is 51.4 Å². The summed E-state index contributed by atoms with van der Waals surface area (Å²) in [6, 6.07) is 0. The summed E-state index contributed by atoms with van der Waals surface area (Å²) in [5, 5.41) is 17.3. The zero-order valence-corrected chi connectivity index (χ0v) is 6.43. The van der Waals surface area contributed by atoms with Crippen molar-refractivity contribution in [2.45, 2.75) is 12.8 Å². The van der Waals surface area contributed by atoms with Crippen molar-refractivity contribution >= 4 is 63.3 Å². The van der Waals surface area contributed by atoms with Crippen LogP contribution in [0.5, 0.6) is 0 Å². The molecule has 0 aromatic heterocycles. The van der Waals surface area contributed by atoms with Gasteiger partial charge < -0.3 is 10.2 Å². The Bertz CT molecular complexity index is 236. The van der Waals surface area contributed by atoms with Crippen molar-refractivity contribution in [2.24, 2.45) is 11.8 Å². The zero-order chi connectivity index (χ0) is 9.14. The van der Waals surface area contributed by atoms with E-state index in [0.29, 0.717) is 12.8 Å². The zero-order valence-electron chi connectivity index (χ0n) is 6.43. The first-order chi connectivity index (χ1) is 5.63. The van der Waals surface area contributed by atoms with Crippen molar-refractivity contribution in [3.05, 3.63) is 12.2 Å². The van der Waals surface area contributed by atoms with Crippen LogP contribution in [0.15, 0.2) is 12.2 Å². The van der Waals surface area contributed by atoms with E-state index in [9.17, 15) is 9.59 Å². The average molecular weight is 210 g/mol. The van der Waals surface area contributed by atoms with Gasteiger partial charge in [0.1, 0.15) is 0 Å².